The zero-order valence-electron chi connectivity index (χ0n) is 28.3. The third kappa shape index (κ3) is 33.2. The molecule has 4 heteroatoms. The second-order valence-corrected chi connectivity index (χ2v) is 12.8. The SMILES string of the molecule is CCCC/C=C\CCCCCCCC(=O)OC(CCCCCCCCC)CCCCCCCCCCCCCC(=O)O. The van der Waals surface area contributed by atoms with Crippen molar-refractivity contribution in [3.8, 4) is 0 Å². The summed E-state index contributed by atoms with van der Waals surface area (Å²) in [6.07, 6.45) is 40.9. The van der Waals surface area contributed by atoms with E-state index in [2.05, 4.69) is 26.0 Å². The van der Waals surface area contributed by atoms with Crippen LogP contribution in [0, 0.1) is 0 Å². The summed E-state index contributed by atoms with van der Waals surface area (Å²) in [6, 6.07) is 0. The minimum atomic E-state index is -0.671. The number of unbranched alkanes of at least 4 members (excludes halogenated alkanes) is 23. The van der Waals surface area contributed by atoms with Crippen molar-refractivity contribution in [1.29, 1.82) is 0 Å². The first-order valence-electron chi connectivity index (χ1n) is 18.7. The summed E-state index contributed by atoms with van der Waals surface area (Å²) >= 11 is 0. The molecule has 1 N–H and O–H groups in total. The molecule has 0 aliphatic carbocycles. The van der Waals surface area contributed by atoms with E-state index in [1.54, 1.807) is 0 Å². The van der Waals surface area contributed by atoms with Crippen molar-refractivity contribution in [1.82, 2.24) is 0 Å². The van der Waals surface area contributed by atoms with Crippen LogP contribution in [0.2, 0.25) is 0 Å². The maximum atomic E-state index is 12.6. The van der Waals surface area contributed by atoms with Gasteiger partial charge in [0.1, 0.15) is 6.10 Å². The Morgan fingerprint density at radius 2 is 0.881 bits per heavy atom. The molecule has 0 spiro atoms. The van der Waals surface area contributed by atoms with E-state index >= 15 is 0 Å². The number of aliphatic carboxylic acids is 1. The Hall–Kier alpha value is -1.32. The number of hydrogen-bond donors (Lipinski definition) is 1. The summed E-state index contributed by atoms with van der Waals surface area (Å²) < 4.78 is 6.02. The van der Waals surface area contributed by atoms with Crippen molar-refractivity contribution in [2.75, 3.05) is 0 Å². The molecule has 0 aromatic carbocycles. The van der Waals surface area contributed by atoms with E-state index in [1.807, 2.05) is 0 Å². The number of rotatable bonds is 34. The lowest BCUT2D eigenvalue weighted by Gasteiger charge is -2.18. The Kier molecular flexibility index (Phi) is 33.1. The van der Waals surface area contributed by atoms with Crippen LogP contribution in [0.5, 0.6) is 0 Å². The van der Waals surface area contributed by atoms with E-state index in [0.717, 1.165) is 38.5 Å². The molecule has 248 valence electrons. The highest BCUT2D eigenvalue weighted by atomic mass is 16.5. The molecule has 0 radical (unpaired) electrons. The molecule has 0 aromatic heterocycles. The van der Waals surface area contributed by atoms with Crippen molar-refractivity contribution in [3.05, 3.63) is 12.2 Å². The van der Waals surface area contributed by atoms with E-state index in [4.69, 9.17) is 9.84 Å². The lowest BCUT2D eigenvalue weighted by molar-refractivity contribution is -0.150. The predicted octanol–water partition coefficient (Wildman–Crippen LogP) is 12.7. The first kappa shape index (κ1) is 40.7. The summed E-state index contributed by atoms with van der Waals surface area (Å²) in [5, 5.41) is 8.69. The van der Waals surface area contributed by atoms with Gasteiger partial charge in [0.05, 0.1) is 0 Å². The van der Waals surface area contributed by atoms with Gasteiger partial charge < -0.3 is 9.84 Å². The van der Waals surface area contributed by atoms with Crippen LogP contribution in [0.15, 0.2) is 12.2 Å². The van der Waals surface area contributed by atoms with Gasteiger partial charge >= 0.3 is 11.9 Å². The highest BCUT2D eigenvalue weighted by Crippen LogP contribution is 2.19. The second-order valence-electron chi connectivity index (χ2n) is 12.8. The predicted molar refractivity (Wildman–Crippen MR) is 181 cm³/mol. The van der Waals surface area contributed by atoms with Crippen LogP contribution in [-0.2, 0) is 14.3 Å². The van der Waals surface area contributed by atoms with Crippen LogP contribution in [0.3, 0.4) is 0 Å². The average molecular weight is 593 g/mol. The number of carbonyl (C=O) groups is 2. The van der Waals surface area contributed by atoms with Crippen molar-refractivity contribution >= 4 is 11.9 Å². The fourth-order valence-corrected chi connectivity index (χ4v) is 5.69. The Morgan fingerprint density at radius 3 is 1.36 bits per heavy atom. The monoisotopic (exact) mass is 593 g/mol. The average Bonchev–Trinajstić information content (AvgIpc) is 2.97. The third-order valence-electron chi connectivity index (χ3n) is 8.49. The molecule has 0 amide bonds. The van der Waals surface area contributed by atoms with Gasteiger partial charge in [0.2, 0.25) is 0 Å². The number of carbonyl (C=O) groups excluding carboxylic acids is 1. The van der Waals surface area contributed by atoms with Gasteiger partial charge in [0, 0.05) is 12.8 Å². The molecule has 1 unspecified atom stereocenters. The van der Waals surface area contributed by atoms with Gasteiger partial charge in [0.15, 0.2) is 0 Å². The van der Waals surface area contributed by atoms with Crippen LogP contribution in [0.4, 0.5) is 0 Å². The smallest absolute Gasteiger partial charge is 0.306 e. The van der Waals surface area contributed by atoms with Crippen molar-refractivity contribution in [2.24, 2.45) is 0 Å². The van der Waals surface area contributed by atoms with Crippen LogP contribution >= 0.6 is 0 Å². The Balaban J connectivity index is 4.00. The Labute approximate surface area is 262 Å². The number of hydrogen-bond acceptors (Lipinski definition) is 3. The highest BCUT2D eigenvalue weighted by molar-refractivity contribution is 5.69. The Morgan fingerprint density at radius 1 is 0.500 bits per heavy atom. The van der Waals surface area contributed by atoms with Crippen LogP contribution in [-0.4, -0.2) is 23.1 Å². The van der Waals surface area contributed by atoms with Gasteiger partial charge in [-0.05, 0) is 57.8 Å². The van der Waals surface area contributed by atoms with Gasteiger partial charge in [-0.3, -0.25) is 9.59 Å². The maximum absolute atomic E-state index is 12.6. The summed E-state index contributed by atoms with van der Waals surface area (Å²) in [4.78, 5) is 23.2. The molecule has 0 saturated heterocycles. The number of ether oxygens (including phenoxy) is 1. The van der Waals surface area contributed by atoms with Crippen LogP contribution in [0.25, 0.3) is 0 Å². The molecule has 0 aliphatic rings. The summed E-state index contributed by atoms with van der Waals surface area (Å²) in [5.41, 5.74) is 0. The fourth-order valence-electron chi connectivity index (χ4n) is 5.69. The van der Waals surface area contributed by atoms with Gasteiger partial charge in [-0.2, -0.15) is 0 Å². The van der Waals surface area contributed by atoms with Crippen molar-refractivity contribution in [2.45, 2.75) is 219 Å². The van der Waals surface area contributed by atoms with Crippen LogP contribution < -0.4 is 0 Å². The molecule has 42 heavy (non-hydrogen) atoms. The number of esters is 1. The number of carboxylic acids is 1. The van der Waals surface area contributed by atoms with Gasteiger partial charge in [-0.15, -0.1) is 0 Å². The largest absolute Gasteiger partial charge is 0.481 e. The molecule has 0 aliphatic heterocycles. The van der Waals surface area contributed by atoms with E-state index in [-0.39, 0.29) is 12.1 Å². The summed E-state index contributed by atoms with van der Waals surface area (Å²) in [5.74, 6) is -0.639. The first-order valence-corrected chi connectivity index (χ1v) is 18.7. The van der Waals surface area contributed by atoms with Gasteiger partial charge in [0.25, 0.3) is 0 Å². The molecule has 0 rings (SSSR count). The summed E-state index contributed by atoms with van der Waals surface area (Å²) in [7, 11) is 0. The Bertz CT molecular complexity index is 600. The zero-order chi connectivity index (χ0) is 30.8. The molecular weight excluding hydrogens is 520 g/mol. The van der Waals surface area contributed by atoms with Crippen molar-refractivity contribution in [3.63, 3.8) is 0 Å². The fraction of sp³-hybridized carbons (Fsp3) is 0.895. The summed E-state index contributed by atoms with van der Waals surface area (Å²) in [6.45, 7) is 4.51. The lowest BCUT2D eigenvalue weighted by atomic mass is 10.0. The molecule has 0 fully saturated rings. The van der Waals surface area contributed by atoms with E-state index in [0.29, 0.717) is 12.8 Å². The van der Waals surface area contributed by atoms with E-state index in [1.165, 1.54) is 148 Å². The van der Waals surface area contributed by atoms with E-state index < -0.39 is 5.97 Å². The third-order valence-corrected chi connectivity index (χ3v) is 8.49. The molecule has 0 aromatic rings. The number of allylic oxidation sites excluding steroid dienone is 2. The lowest BCUT2D eigenvalue weighted by Crippen LogP contribution is -2.18. The zero-order valence-corrected chi connectivity index (χ0v) is 28.3. The van der Waals surface area contributed by atoms with E-state index in [9.17, 15) is 9.59 Å². The minimum absolute atomic E-state index is 0.0322. The van der Waals surface area contributed by atoms with Gasteiger partial charge in [-0.25, -0.2) is 0 Å². The van der Waals surface area contributed by atoms with Crippen LogP contribution in [0.1, 0.15) is 213 Å². The van der Waals surface area contributed by atoms with Crippen molar-refractivity contribution < 1.29 is 19.4 Å². The first-order chi connectivity index (χ1) is 20.6. The minimum Gasteiger partial charge on any atom is -0.481 e. The normalized spacial score (nSPS) is 12.2. The molecule has 0 bridgehead atoms. The molecule has 0 heterocycles. The standard InChI is InChI=1S/C38H72O4/c1-3-5-7-9-11-12-14-19-23-27-31-35-38(41)42-36(32-28-24-20-10-8-6-4-2)33-29-25-21-17-15-13-16-18-22-26-30-34-37(39)40/h9,11,36H,3-8,10,12-35H2,1-2H3,(H,39,40)/b11-9-. The number of carboxylic acid groups (broad SMARTS) is 1. The van der Waals surface area contributed by atoms with Gasteiger partial charge in [-0.1, -0.05) is 154 Å². The quantitative estimate of drug-likeness (QED) is 0.0458. The highest BCUT2D eigenvalue weighted by Gasteiger charge is 2.14. The maximum Gasteiger partial charge on any atom is 0.306 e. The topological polar surface area (TPSA) is 63.6 Å². The molecule has 4 nitrogen and oxygen atoms in total. The molecule has 1 atom stereocenters. The molecular formula is C38H72O4. The second kappa shape index (κ2) is 34.2. The molecule has 0 saturated carbocycles.